The van der Waals surface area contributed by atoms with Gasteiger partial charge in [-0.05, 0) is 25.5 Å². The highest BCUT2D eigenvalue weighted by Gasteiger charge is 2.07. The minimum absolute atomic E-state index is 0.136. The van der Waals surface area contributed by atoms with Crippen LogP contribution in [-0.2, 0) is 4.79 Å². The summed E-state index contributed by atoms with van der Waals surface area (Å²) in [6, 6.07) is 3.21. The molecule has 6 nitrogen and oxygen atoms in total. The predicted octanol–water partition coefficient (Wildman–Crippen LogP) is 0.287. The molecule has 0 spiro atoms. The van der Waals surface area contributed by atoms with Crippen LogP contribution in [0.25, 0.3) is 0 Å². The van der Waals surface area contributed by atoms with Crippen LogP contribution in [0.5, 0.6) is 0 Å². The molecular weight excluding hydrogens is 236 g/mol. The van der Waals surface area contributed by atoms with Gasteiger partial charge in [0.1, 0.15) is 0 Å². The Balaban J connectivity index is 2.08. The Labute approximate surface area is 105 Å². The summed E-state index contributed by atoms with van der Waals surface area (Å²) in [6.45, 7) is 2.25. The van der Waals surface area contributed by atoms with E-state index in [1.54, 1.807) is 19.1 Å². The van der Waals surface area contributed by atoms with Crippen LogP contribution in [0.4, 0.5) is 0 Å². The number of carbonyl (C=O) groups is 2. The number of nitrogens with one attached hydrogen (secondary N) is 2. The van der Waals surface area contributed by atoms with Crippen LogP contribution in [0, 0.1) is 0 Å². The first-order valence-corrected chi connectivity index (χ1v) is 5.86. The van der Waals surface area contributed by atoms with Gasteiger partial charge in [-0.25, -0.2) is 0 Å². The summed E-state index contributed by atoms with van der Waals surface area (Å²) in [4.78, 5) is 22.7. The van der Waals surface area contributed by atoms with Gasteiger partial charge in [-0.3, -0.25) is 9.59 Å². The van der Waals surface area contributed by atoms with Crippen molar-refractivity contribution in [3.63, 3.8) is 0 Å². The van der Waals surface area contributed by atoms with Gasteiger partial charge in [0.2, 0.25) is 5.91 Å². The van der Waals surface area contributed by atoms with E-state index in [0.29, 0.717) is 19.4 Å². The maximum absolute atomic E-state index is 11.4. The van der Waals surface area contributed by atoms with E-state index in [4.69, 9.17) is 9.52 Å². The Kier molecular flexibility index (Phi) is 5.93. The summed E-state index contributed by atoms with van der Waals surface area (Å²) in [7, 11) is 0. The van der Waals surface area contributed by atoms with Crippen LogP contribution >= 0.6 is 0 Å². The van der Waals surface area contributed by atoms with Crippen LogP contribution in [0.3, 0.4) is 0 Å². The van der Waals surface area contributed by atoms with Gasteiger partial charge in [-0.2, -0.15) is 0 Å². The molecular formula is C12H18N2O4. The van der Waals surface area contributed by atoms with E-state index < -0.39 is 6.10 Å². The first kappa shape index (κ1) is 14.2. The van der Waals surface area contributed by atoms with Gasteiger partial charge in [0.05, 0.1) is 12.4 Å². The number of furan rings is 1. The zero-order valence-electron chi connectivity index (χ0n) is 10.3. The van der Waals surface area contributed by atoms with E-state index in [0.717, 1.165) is 0 Å². The highest BCUT2D eigenvalue weighted by Crippen LogP contribution is 1.99. The molecule has 0 aliphatic heterocycles. The summed E-state index contributed by atoms with van der Waals surface area (Å²) >= 11 is 0. The van der Waals surface area contributed by atoms with Crippen LogP contribution < -0.4 is 10.6 Å². The van der Waals surface area contributed by atoms with E-state index in [-0.39, 0.29) is 24.1 Å². The second kappa shape index (κ2) is 7.50. The lowest BCUT2D eigenvalue weighted by Gasteiger charge is -2.07. The van der Waals surface area contributed by atoms with E-state index in [2.05, 4.69) is 10.6 Å². The second-order valence-electron chi connectivity index (χ2n) is 3.99. The first-order chi connectivity index (χ1) is 8.59. The average Bonchev–Trinajstić information content (AvgIpc) is 2.85. The molecule has 0 bridgehead atoms. The van der Waals surface area contributed by atoms with E-state index in [9.17, 15) is 9.59 Å². The van der Waals surface area contributed by atoms with Crippen LogP contribution in [0.1, 0.15) is 30.3 Å². The van der Waals surface area contributed by atoms with Crippen molar-refractivity contribution in [3.05, 3.63) is 24.2 Å². The number of amides is 2. The number of aliphatic hydroxyl groups excluding tert-OH is 1. The molecule has 1 aromatic rings. The molecule has 1 aromatic heterocycles. The van der Waals surface area contributed by atoms with Gasteiger partial charge >= 0.3 is 0 Å². The zero-order valence-corrected chi connectivity index (χ0v) is 10.3. The molecule has 1 heterocycles. The van der Waals surface area contributed by atoms with Crippen molar-refractivity contribution in [2.24, 2.45) is 0 Å². The third kappa shape index (κ3) is 5.49. The monoisotopic (exact) mass is 254 g/mol. The Bertz CT molecular complexity index is 373. The molecule has 3 N–H and O–H groups in total. The topological polar surface area (TPSA) is 91.6 Å². The molecule has 1 unspecified atom stereocenters. The number of aliphatic hydroxyl groups is 1. The molecule has 2 amide bonds. The Morgan fingerprint density at radius 3 is 2.83 bits per heavy atom. The lowest BCUT2D eigenvalue weighted by Crippen LogP contribution is -2.31. The van der Waals surface area contributed by atoms with Gasteiger partial charge in [0, 0.05) is 19.5 Å². The maximum Gasteiger partial charge on any atom is 0.286 e. The van der Waals surface area contributed by atoms with Crippen LogP contribution in [0.2, 0.25) is 0 Å². The molecule has 6 heteroatoms. The summed E-state index contributed by atoms with van der Waals surface area (Å²) in [5.41, 5.74) is 0. The number of carbonyl (C=O) groups excluding carboxylic acids is 2. The zero-order chi connectivity index (χ0) is 13.4. The van der Waals surface area contributed by atoms with Crippen LogP contribution in [-0.4, -0.2) is 36.1 Å². The highest BCUT2D eigenvalue weighted by atomic mass is 16.3. The van der Waals surface area contributed by atoms with Crippen LogP contribution in [0.15, 0.2) is 22.8 Å². The molecule has 100 valence electrons. The molecule has 0 saturated carbocycles. The third-order valence-corrected chi connectivity index (χ3v) is 2.21. The standard InChI is InChI=1S/C12H18N2O4/c1-9(15)8-14-11(16)5-2-6-13-12(17)10-4-3-7-18-10/h3-4,7,9,15H,2,5-6,8H2,1H3,(H,13,17)(H,14,16). The van der Waals surface area contributed by atoms with E-state index in [1.165, 1.54) is 6.26 Å². The predicted molar refractivity (Wildman–Crippen MR) is 65.0 cm³/mol. The smallest absolute Gasteiger partial charge is 0.286 e. The van der Waals surface area contributed by atoms with E-state index in [1.807, 2.05) is 0 Å². The quantitative estimate of drug-likeness (QED) is 0.610. The lowest BCUT2D eigenvalue weighted by molar-refractivity contribution is -0.121. The Morgan fingerprint density at radius 1 is 1.44 bits per heavy atom. The number of hydrogen-bond donors (Lipinski definition) is 3. The van der Waals surface area contributed by atoms with Gasteiger partial charge in [-0.1, -0.05) is 0 Å². The van der Waals surface area contributed by atoms with Crippen molar-refractivity contribution in [1.82, 2.24) is 10.6 Å². The largest absolute Gasteiger partial charge is 0.459 e. The van der Waals surface area contributed by atoms with Gasteiger partial charge in [0.15, 0.2) is 5.76 Å². The second-order valence-corrected chi connectivity index (χ2v) is 3.99. The lowest BCUT2D eigenvalue weighted by atomic mass is 10.3. The minimum atomic E-state index is -0.549. The van der Waals surface area contributed by atoms with E-state index >= 15 is 0 Å². The first-order valence-electron chi connectivity index (χ1n) is 5.86. The summed E-state index contributed by atoms with van der Waals surface area (Å²) in [6.07, 6.45) is 1.73. The Hall–Kier alpha value is -1.82. The molecule has 0 fully saturated rings. The molecule has 0 saturated heterocycles. The van der Waals surface area contributed by atoms with Crippen molar-refractivity contribution in [2.75, 3.05) is 13.1 Å². The van der Waals surface area contributed by atoms with Gasteiger partial charge in [0.25, 0.3) is 5.91 Å². The molecule has 0 aliphatic rings. The minimum Gasteiger partial charge on any atom is -0.459 e. The molecule has 0 aromatic carbocycles. The van der Waals surface area contributed by atoms with Crippen molar-refractivity contribution in [2.45, 2.75) is 25.9 Å². The van der Waals surface area contributed by atoms with Gasteiger partial charge in [-0.15, -0.1) is 0 Å². The third-order valence-electron chi connectivity index (χ3n) is 2.21. The number of rotatable bonds is 7. The average molecular weight is 254 g/mol. The molecule has 18 heavy (non-hydrogen) atoms. The van der Waals surface area contributed by atoms with Gasteiger partial charge < -0.3 is 20.2 Å². The van der Waals surface area contributed by atoms with Crippen molar-refractivity contribution in [1.29, 1.82) is 0 Å². The van der Waals surface area contributed by atoms with Crippen molar-refractivity contribution >= 4 is 11.8 Å². The highest BCUT2D eigenvalue weighted by molar-refractivity contribution is 5.91. The number of hydrogen-bond acceptors (Lipinski definition) is 4. The van der Waals surface area contributed by atoms with Crippen molar-refractivity contribution in [3.8, 4) is 0 Å². The molecule has 0 aliphatic carbocycles. The normalized spacial score (nSPS) is 11.9. The molecule has 0 radical (unpaired) electrons. The summed E-state index contributed by atoms with van der Waals surface area (Å²) in [5.74, 6) is -0.166. The van der Waals surface area contributed by atoms with Crippen molar-refractivity contribution < 1.29 is 19.1 Å². The summed E-state index contributed by atoms with van der Waals surface area (Å²) in [5, 5.41) is 14.2. The molecule has 1 rings (SSSR count). The fourth-order valence-electron chi connectivity index (χ4n) is 1.30. The molecule has 1 atom stereocenters. The Morgan fingerprint density at radius 2 is 2.22 bits per heavy atom. The fourth-order valence-corrected chi connectivity index (χ4v) is 1.30. The SMILES string of the molecule is CC(O)CNC(=O)CCCNC(=O)c1ccco1. The maximum atomic E-state index is 11.4. The fraction of sp³-hybridized carbons (Fsp3) is 0.500. The summed E-state index contributed by atoms with van der Waals surface area (Å²) < 4.78 is 4.92.